The van der Waals surface area contributed by atoms with E-state index in [0.717, 1.165) is 10.2 Å². The molecule has 0 heterocycles. The van der Waals surface area contributed by atoms with Gasteiger partial charge in [0.05, 0.1) is 5.69 Å². The zero-order valence-corrected chi connectivity index (χ0v) is 12.6. The Kier molecular flexibility index (Phi) is 5.26. The molecule has 1 aromatic rings. The quantitative estimate of drug-likeness (QED) is 0.586. The molecule has 0 atom stereocenters. The van der Waals surface area contributed by atoms with Gasteiger partial charge in [-0.2, -0.15) is 0 Å². The first kappa shape index (κ1) is 13.6. The van der Waals surface area contributed by atoms with Gasteiger partial charge in [-0.05, 0) is 43.3 Å². The molecule has 1 aliphatic carbocycles. The monoisotopic (exact) mass is 327 g/mol. The standard InChI is InChI=1S/C13H18BrN3S/c14-10-5-4-8-12(9-10)16-17-13(18)15-11-6-2-1-3-7-11/h4-5,8-9,11,16H,1-3,6-7H2,(H2,15,17,18). The van der Waals surface area contributed by atoms with Crippen LogP contribution >= 0.6 is 28.1 Å². The van der Waals surface area contributed by atoms with Crippen LogP contribution < -0.4 is 16.2 Å². The molecule has 0 radical (unpaired) electrons. The summed E-state index contributed by atoms with van der Waals surface area (Å²) in [6.45, 7) is 0. The highest BCUT2D eigenvalue weighted by molar-refractivity contribution is 9.10. The lowest BCUT2D eigenvalue weighted by molar-refractivity contribution is 0.412. The Morgan fingerprint density at radius 3 is 2.72 bits per heavy atom. The van der Waals surface area contributed by atoms with Gasteiger partial charge in [0.1, 0.15) is 0 Å². The summed E-state index contributed by atoms with van der Waals surface area (Å²) >= 11 is 8.70. The molecule has 1 saturated carbocycles. The number of rotatable bonds is 3. The minimum atomic E-state index is 0.531. The molecule has 0 amide bonds. The lowest BCUT2D eigenvalue weighted by Gasteiger charge is -2.24. The van der Waals surface area contributed by atoms with Gasteiger partial charge in [0.25, 0.3) is 0 Å². The average Bonchev–Trinajstić information content (AvgIpc) is 2.38. The Morgan fingerprint density at radius 2 is 2.00 bits per heavy atom. The van der Waals surface area contributed by atoms with Crippen LogP contribution in [0.2, 0.25) is 0 Å². The molecule has 0 unspecified atom stereocenters. The van der Waals surface area contributed by atoms with Crippen molar-refractivity contribution in [3.8, 4) is 0 Å². The smallest absolute Gasteiger partial charge is 0.185 e. The fourth-order valence-electron chi connectivity index (χ4n) is 2.16. The maximum absolute atomic E-state index is 5.27. The van der Waals surface area contributed by atoms with E-state index in [1.54, 1.807) is 0 Å². The first-order chi connectivity index (χ1) is 8.74. The van der Waals surface area contributed by atoms with Crippen LogP contribution in [-0.2, 0) is 0 Å². The van der Waals surface area contributed by atoms with E-state index in [1.165, 1.54) is 32.1 Å². The Balaban J connectivity index is 1.74. The summed E-state index contributed by atoms with van der Waals surface area (Å²) in [6.07, 6.45) is 6.41. The molecule has 98 valence electrons. The summed E-state index contributed by atoms with van der Waals surface area (Å²) in [6, 6.07) is 8.48. The third-order valence-electron chi connectivity index (χ3n) is 3.09. The van der Waals surface area contributed by atoms with Crippen LogP contribution in [-0.4, -0.2) is 11.2 Å². The van der Waals surface area contributed by atoms with Crippen molar-refractivity contribution in [2.75, 3.05) is 5.43 Å². The fraction of sp³-hybridized carbons (Fsp3) is 0.462. The van der Waals surface area contributed by atoms with Crippen molar-refractivity contribution in [3.63, 3.8) is 0 Å². The van der Waals surface area contributed by atoms with Gasteiger partial charge in [-0.1, -0.05) is 41.3 Å². The lowest BCUT2D eigenvalue weighted by atomic mass is 9.96. The van der Waals surface area contributed by atoms with Gasteiger partial charge in [0.2, 0.25) is 0 Å². The van der Waals surface area contributed by atoms with Crippen molar-refractivity contribution >= 4 is 38.9 Å². The Labute approximate surface area is 122 Å². The Bertz CT molecular complexity index is 405. The highest BCUT2D eigenvalue weighted by Gasteiger charge is 2.13. The molecule has 0 aliphatic heterocycles. The third-order valence-corrected chi connectivity index (χ3v) is 3.80. The van der Waals surface area contributed by atoms with E-state index in [1.807, 2.05) is 24.3 Å². The van der Waals surface area contributed by atoms with Gasteiger partial charge in [-0.3, -0.25) is 10.9 Å². The minimum Gasteiger partial charge on any atom is -0.359 e. The van der Waals surface area contributed by atoms with E-state index in [4.69, 9.17) is 12.2 Å². The van der Waals surface area contributed by atoms with Crippen molar-refractivity contribution in [2.45, 2.75) is 38.1 Å². The van der Waals surface area contributed by atoms with Crippen molar-refractivity contribution < 1.29 is 0 Å². The van der Waals surface area contributed by atoms with Crippen LogP contribution in [0.3, 0.4) is 0 Å². The number of benzene rings is 1. The largest absolute Gasteiger partial charge is 0.359 e. The molecule has 5 heteroatoms. The molecule has 0 saturated heterocycles. The SMILES string of the molecule is S=C(NNc1cccc(Br)c1)NC1CCCCC1. The van der Waals surface area contributed by atoms with Crippen molar-refractivity contribution in [1.82, 2.24) is 10.7 Å². The van der Waals surface area contributed by atoms with Crippen LogP contribution in [0.5, 0.6) is 0 Å². The summed E-state index contributed by atoms with van der Waals surface area (Å²) in [4.78, 5) is 0. The van der Waals surface area contributed by atoms with Crippen molar-refractivity contribution in [3.05, 3.63) is 28.7 Å². The minimum absolute atomic E-state index is 0.531. The van der Waals surface area contributed by atoms with Gasteiger partial charge in [-0.25, -0.2) is 0 Å². The summed E-state index contributed by atoms with van der Waals surface area (Å²) in [5, 5.41) is 4.02. The second kappa shape index (κ2) is 6.95. The Hall–Kier alpha value is -0.810. The summed E-state index contributed by atoms with van der Waals surface area (Å²) in [5.74, 6) is 0. The highest BCUT2D eigenvalue weighted by Crippen LogP contribution is 2.17. The molecule has 3 N–H and O–H groups in total. The molecule has 1 aliphatic rings. The molecule has 1 aromatic carbocycles. The number of thiocarbonyl (C=S) groups is 1. The van der Waals surface area contributed by atoms with Gasteiger partial charge in [0.15, 0.2) is 5.11 Å². The molecule has 0 bridgehead atoms. The molecular formula is C13H18BrN3S. The predicted octanol–water partition coefficient (Wildman–Crippen LogP) is 3.57. The average molecular weight is 328 g/mol. The number of hydrogen-bond donors (Lipinski definition) is 3. The maximum Gasteiger partial charge on any atom is 0.185 e. The highest BCUT2D eigenvalue weighted by atomic mass is 79.9. The molecule has 18 heavy (non-hydrogen) atoms. The van der Waals surface area contributed by atoms with E-state index in [0.29, 0.717) is 11.2 Å². The Morgan fingerprint density at radius 1 is 1.22 bits per heavy atom. The number of hydrazine groups is 1. The summed E-state index contributed by atoms with van der Waals surface area (Å²) < 4.78 is 1.04. The zero-order valence-electron chi connectivity index (χ0n) is 10.2. The number of hydrogen-bond acceptors (Lipinski definition) is 2. The molecule has 1 fully saturated rings. The number of anilines is 1. The number of halogens is 1. The normalized spacial score (nSPS) is 16.1. The molecule has 2 rings (SSSR count). The van der Waals surface area contributed by atoms with Crippen LogP contribution in [0, 0.1) is 0 Å². The van der Waals surface area contributed by atoms with Crippen LogP contribution in [0.25, 0.3) is 0 Å². The number of nitrogens with one attached hydrogen (secondary N) is 3. The van der Waals surface area contributed by atoms with Crippen molar-refractivity contribution in [1.29, 1.82) is 0 Å². The second-order valence-electron chi connectivity index (χ2n) is 4.57. The van der Waals surface area contributed by atoms with E-state index in [-0.39, 0.29) is 0 Å². The summed E-state index contributed by atoms with van der Waals surface area (Å²) in [5.41, 5.74) is 7.10. The van der Waals surface area contributed by atoms with Gasteiger partial charge in [-0.15, -0.1) is 0 Å². The predicted molar refractivity (Wildman–Crippen MR) is 83.5 cm³/mol. The topological polar surface area (TPSA) is 36.1 Å². The van der Waals surface area contributed by atoms with Crippen LogP contribution in [0.15, 0.2) is 28.7 Å². The second-order valence-corrected chi connectivity index (χ2v) is 5.89. The van der Waals surface area contributed by atoms with Crippen LogP contribution in [0.1, 0.15) is 32.1 Å². The van der Waals surface area contributed by atoms with Gasteiger partial charge < -0.3 is 5.32 Å². The van der Waals surface area contributed by atoms with Crippen molar-refractivity contribution in [2.24, 2.45) is 0 Å². The summed E-state index contributed by atoms with van der Waals surface area (Å²) in [7, 11) is 0. The maximum atomic E-state index is 5.27. The van der Waals surface area contributed by atoms with Gasteiger partial charge in [0, 0.05) is 10.5 Å². The lowest BCUT2D eigenvalue weighted by Crippen LogP contribution is -2.44. The van der Waals surface area contributed by atoms with Gasteiger partial charge >= 0.3 is 0 Å². The molecule has 0 spiro atoms. The van der Waals surface area contributed by atoms with E-state index in [2.05, 4.69) is 32.1 Å². The first-order valence-corrected chi connectivity index (χ1v) is 7.52. The zero-order chi connectivity index (χ0) is 12.8. The molecule has 3 nitrogen and oxygen atoms in total. The van der Waals surface area contributed by atoms with E-state index in [9.17, 15) is 0 Å². The molecule has 0 aromatic heterocycles. The van der Waals surface area contributed by atoms with E-state index < -0.39 is 0 Å². The molecular weight excluding hydrogens is 310 g/mol. The third kappa shape index (κ3) is 4.46. The first-order valence-electron chi connectivity index (χ1n) is 6.32. The fourth-order valence-corrected chi connectivity index (χ4v) is 2.78. The van der Waals surface area contributed by atoms with E-state index >= 15 is 0 Å². The van der Waals surface area contributed by atoms with Crippen LogP contribution in [0.4, 0.5) is 5.69 Å².